The van der Waals surface area contributed by atoms with Gasteiger partial charge in [0.25, 0.3) is 0 Å². The van der Waals surface area contributed by atoms with Crippen LogP contribution < -0.4 is 5.73 Å². The van der Waals surface area contributed by atoms with E-state index in [-0.39, 0.29) is 13.2 Å². The largest absolute Gasteiger partial charge is 0.464 e. The topological polar surface area (TPSA) is 110 Å². The maximum Gasteiger partial charge on any atom is 0.328 e. The fourth-order valence-electron chi connectivity index (χ4n) is 0.337. The molecule has 0 spiro atoms. The summed E-state index contributed by atoms with van der Waals surface area (Å²) >= 11 is 0. The molecule has 0 fully saturated rings. The molecule has 0 aromatic rings. The SMILES string of the molecule is NCC(=O)OCCP(=O)(O)O. The van der Waals surface area contributed by atoms with Crippen LogP contribution in [0.15, 0.2) is 0 Å². The minimum Gasteiger partial charge on any atom is -0.464 e. The molecule has 0 aromatic heterocycles. The van der Waals surface area contributed by atoms with E-state index in [1.54, 1.807) is 0 Å². The molecule has 0 rings (SSSR count). The molecule has 0 aliphatic rings. The van der Waals surface area contributed by atoms with Crippen LogP contribution in [0.3, 0.4) is 0 Å². The molecule has 11 heavy (non-hydrogen) atoms. The molecule has 0 bridgehead atoms. The molecule has 0 unspecified atom stereocenters. The third-order valence-electron chi connectivity index (χ3n) is 0.812. The predicted octanol–water partition coefficient (Wildman–Crippen LogP) is -1.33. The van der Waals surface area contributed by atoms with Crippen LogP contribution in [0.2, 0.25) is 0 Å². The van der Waals surface area contributed by atoms with Gasteiger partial charge in [-0.05, 0) is 0 Å². The first-order valence-electron chi connectivity index (χ1n) is 2.86. The second-order valence-corrected chi connectivity index (χ2v) is 3.59. The van der Waals surface area contributed by atoms with E-state index in [1.165, 1.54) is 0 Å². The van der Waals surface area contributed by atoms with Gasteiger partial charge in [0.05, 0.1) is 12.7 Å². The number of esters is 1. The molecule has 0 saturated heterocycles. The van der Waals surface area contributed by atoms with E-state index in [1.807, 2.05) is 0 Å². The smallest absolute Gasteiger partial charge is 0.328 e. The van der Waals surface area contributed by atoms with E-state index in [9.17, 15) is 9.36 Å². The molecule has 7 heteroatoms. The third kappa shape index (κ3) is 7.48. The first-order chi connectivity index (χ1) is 4.95. The Balaban J connectivity index is 3.43. The summed E-state index contributed by atoms with van der Waals surface area (Å²) in [6, 6.07) is 0. The molecule has 0 heterocycles. The van der Waals surface area contributed by atoms with Gasteiger partial charge in [-0.15, -0.1) is 0 Å². The van der Waals surface area contributed by atoms with Crippen LogP contribution in [0.4, 0.5) is 0 Å². The second kappa shape index (κ2) is 4.46. The average Bonchev–Trinajstić information content (AvgIpc) is 1.85. The Morgan fingerprint density at radius 1 is 1.55 bits per heavy atom. The minimum atomic E-state index is -4.05. The van der Waals surface area contributed by atoms with Gasteiger partial charge in [0.2, 0.25) is 0 Å². The molecule has 0 atom stereocenters. The summed E-state index contributed by atoms with van der Waals surface area (Å²) in [7, 11) is -4.05. The Bertz CT molecular complexity index is 175. The Kier molecular flexibility index (Phi) is 4.29. The highest BCUT2D eigenvalue weighted by Gasteiger charge is 2.13. The van der Waals surface area contributed by atoms with Gasteiger partial charge in [0, 0.05) is 0 Å². The van der Waals surface area contributed by atoms with Crippen LogP contribution in [-0.2, 0) is 14.1 Å². The standard InChI is InChI=1S/C4H10NO5P/c5-3-4(6)10-1-2-11(7,8)9/h1-3,5H2,(H2,7,8,9). The Morgan fingerprint density at radius 3 is 2.45 bits per heavy atom. The van der Waals surface area contributed by atoms with Crippen LogP contribution in [0.25, 0.3) is 0 Å². The number of ether oxygens (including phenoxy) is 1. The number of nitrogens with two attached hydrogens (primary N) is 1. The molecule has 0 aliphatic heterocycles. The highest BCUT2D eigenvalue weighted by molar-refractivity contribution is 7.51. The number of hydrogen-bond acceptors (Lipinski definition) is 4. The molecule has 0 radical (unpaired) electrons. The van der Waals surface area contributed by atoms with E-state index < -0.39 is 19.7 Å². The summed E-state index contributed by atoms with van der Waals surface area (Å²) in [6.07, 6.45) is -0.460. The quantitative estimate of drug-likeness (QED) is 0.367. The van der Waals surface area contributed by atoms with Crippen molar-refractivity contribution in [3.63, 3.8) is 0 Å². The van der Waals surface area contributed by atoms with Crippen molar-refractivity contribution in [2.75, 3.05) is 19.3 Å². The van der Waals surface area contributed by atoms with E-state index in [4.69, 9.17) is 15.5 Å². The molecular weight excluding hydrogens is 173 g/mol. The maximum absolute atomic E-state index is 10.3. The van der Waals surface area contributed by atoms with Crippen molar-refractivity contribution in [2.45, 2.75) is 0 Å². The Morgan fingerprint density at radius 2 is 2.09 bits per heavy atom. The van der Waals surface area contributed by atoms with Crippen molar-refractivity contribution in [1.29, 1.82) is 0 Å². The fourth-order valence-corrected chi connectivity index (χ4v) is 0.666. The molecular formula is C4H10NO5P. The van der Waals surface area contributed by atoms with Crippen LogP contribution in [0.1, 0.15) is 0 Å². The summed E-state index contributed by atoms with van der Waals surface area (Å²) in [5.41, 5.74) is 4.85. The van der Waals surface area contributed by atoms with Gasteiger partial charge < -0.3 is 20.3 Å². The summed E-state index contributed by atoms with van der Waals surface area (Å²) < 4.78 is 14.5. The van der Waals surface area contributed by atoms with Gasteiger partial charge >= 0.3 is 13.6 Å². The van der Waals surface area contributed by atoms with Crippen molar-refractivity contribution in [2.24, 2.45) is 5.73 Å². The second-order valence-electron chi connectivity index (χ2n) is 1.81. The molecule has 0 saturated carbocycles. The van der Waals surface area contributed by atoms with E-state index in [0.29, 0.717) is 0 Å². The van der Waals surface area contributed by atoms with E-state index >= 15 is 0 Å². The Labute approximate surface area is 63.5 Å². The van der Waals surface area contributed by atoms with Crippen molar-refractivity contribution in [3.8, 4) is 0 Å². The predicted molar refractivity (Wildman–Crippen MR) is 36.9 cm³/mol. The van der Waals surface area contributed by atoms with Gasteiger partial charge in [-0.25, -0.2) is 0 Å². The van der Waals surface area contributed by atoms with Crippen LogP contribution in [-0.4, -0.2) is 35.1 Å². The molecule has 6 nitrogen and oxygen atoms in total. The fraction of sp³-hybridized carbons (Fsp3) is 0.750. The first kappa shape index (κ1) is 10.6. The molecule has 0 aromatic carbocycles. The lowest BCUT2D eigenvalue weighted by Crippen LogP contribution is -2.18. The van der Waals surface area contributed by atoms with Crippen molar-refractivity contribution in [1.82, 2.24) is 0 Å². The van der Waals surface area contributed by atoms with Gasteiger partial charge in [-0.3, -0.25) is 9.36 Å². The molecule has 66 valence electrons. The van der Waals surface area contributed by atoms with Crippen LogP contribution in [0, 0.1) is 0 Å². The lowest BCUT2D eigenvalue weighted by atomic mass is 10.7. The maximum atomic E-state index is 10.3. The zero-order valence-corrected chi connectivity index (χ0v) is 6.66. The molecule has 0 amide bonds. The number of rotatable bonds is 4. The molecule has 4 N–H and O–H groups in total. The zero-order chi connectivity index (χ0) is 8.91. The van der Waals surface area contributed by atoms with Crippen molar-refractivity contribution < 1.29 is 23.9 Å². The highest BCUT2D eigenvalue weighted by Crippen LogP contribution is 2.33. The minimum absolute atomic E-state index is 0.277. The lowest BCUT2D eigenvalue weighted by Gasteiger charge is -2.03. The number of carbonyl (C=O) groups is 1. The number of hydrogen-bond donors (Lipinski definition) is 3. The van der Waals surface area contributed by atoms with Crippen molar-refractivity contribution >= 4 is 13.6 Å². The normalized spacial score (nSPS) is 11.2. The first-order valence-corrected chi connectivity index (χ1v) is 4.66. The summed E-state index contributed by atoms with van der Waals surface area (Å²) in [5.74, 6) is -0.668. The summed E-state index contributed by atoms with van der Waals surface area (Å²) in [5, 5.41) is 0. The highest BCUT2D eigenvalue weighted by atomic mass is 31.2. The van der Waals surface area contributed by atoms with E-state index in [0.717, 1.165) is 0 Å². The van der Waals surface area contributed by atoms with Gasteiger partial charge in [0.15, 0.2) is 0 Å². The average molecular weight is 183 g/mol. The number of carbonyl (C=O) groups excluding carboxylic acids is 1. The summed E-state index contributed by atoms with van der Waals surface area (Å²) in [4.78, 5) is 26.9. The van der Waals surface area contributed by atoms with Gasteiger partial charge in [-0.2, -0.15) is 0 Å². The van der Waals surface area contributed by atoms with Gasteiger partial charge in [-0.1, -0.05) is 0 Å². The third-order valence-corrected chi connectivity index (χ3v) is 1.58. The summed E-state index contributed by atoms with van der Waals surface area (Å²) in [6.45, 7) is -0.568. The molecule has 0 aliphatic carbocycles. The lowest BCUT2D eigenvalue weighted by molar-refractivity contribution is -0.141. The van der Waals surface area contributed by atoms with Gasteiger partial charge in [0.1, 0.15) is 6.61 Å². The van der Waals surface area contributed by atoms with Crippen LogP contribution >= 0.6 is 7.60 Å². The monoisotopic (exact) mass is 183 g/mol. The van der Waals surface area contributed by atoms with Crippen LogP contribution in [0.5, 0.6) is 0 Å². The zero-order valence-electron chi connectivity index (χ0n) is 5.77. The van der Waals surface area contributed by atoms with E-state index in [2.05, 4.69) is 4.74 Å². The van der Waals surface area contributed by atoms with Crippen molar-refractivity contribution in [3.05, 3.63) is 0 Å². The Hall–Kier alpha value is -0.420.